The van der Waals surface area contributed by atoms with Gasteiger partial charge in [0.25, 0.3) is 0 Å². The lowest BCUT2D eigenvalue weighted by Gasteiger charge is -2.26. The summed E-state index contributed by atoms with van der Waals surface area (Å²) in [4.78, 5) is 2.31. The fraction of sp³-hybridized carbons (Fsp3) is 0.750. The molecule has 1 heterocycles. The first-order chi connectivity index (χ1) is 8.17. The molecule has 4 nitrogen and oxygen atoms in total. The molecule has 0 bridgehead atoms. The molecule has 0 saturated carbocycles. The van der Waals surface area contributed by atoms with Crippen molar-refractivity contribution < 1.29 is 4.74 Å². The molecular weight excluding hydrogens is 234 g/mol. The third-order valence-electron chi connectivity index (χ3n) is 3.16. The molecule has 5 heteroatoms. The normalized spacial score (nSPS) is 10.9. The number of hydrogen-bond donors (Lipinski definition) is 1. The van der Waals surface area contributed by atoms with E-state index in [-0.39, 0.29) is 0 Å². The molecule has 0 aliphatic carbocycles. The molecular formula is C12H23N3OS. The number of aromatic nitrogens is 1. The van der Waals surface area contributed by atoms with Gasteiger partial charge in [-0.05, 0) is 24.4 Å². The zero-order valence-corrected chi connectivity index (χ0v) is 12.0. The summed E-state index contributed by atoms with van der Waals surface area (Å²) in [5.41, 5.74) is 5.79. The Labute approximate surface area is 108 Å². The van der Waals surface area contributed by atoms with Crippen molar-refractivity contribution >= 4 is 22.4 Å². The summed E-state index contributed by atoms with van der Waals surface area (Å²) in [6, 6.07) is 0. The Bertz CT molecular complexity index is 336. The zero-order chi connectivity index (χ0) is 12.8. The summed E-state index contributed by atoms with van der Waals surface area (Å²) in [5, 5.41) is 1.06. The van der Waals surface area contributed by atoms with E-state index in [1.165, 1.54) is 24.4 Å². The number of nitrogen functional groups attached to an aromatic ring is 1. The first kappa shape index (κ1) is 14.1. The molecule has 0 saturated heterocycles. The molecule has 2 N–H and O–H groups in total. The van der Waals surface area contributed by atoms with Gasteiger partial charge >= 0.3 is 0 Å². The van der Waals surface area contributed by atoms with Gasteiger partial charge in [0.2, 0.25) is 0 Å². The van der Waals surface area contributed by atoms with Crippen molar-refractivity contribution in [1.29, 1.82) is 0 Å². The van der Waals surface area contributed by atoms with Crippen LogP contribution in [0.1, 0.15) is 33.6 Å². The molecule has 17 heavy (non-hydrogen) atoms. The van der Waals surface area contributed by atoms with Crippen LogP contribution in [0.25, 0.3) is 0 Å². The monoisotopic (exact) mass is 257 g/mol. The van der Waals surface area contributed by atoms with Crippen molar-refractivity contribution in [2.75, 3.05) is 30.8 Å². The summed E-state index contributed by atoms with van der Waals surface area (Å²) in [5.74, 6) is 1.93. The second-order valence-electron chi connectivity index (χ2n) is 4.13. The summed E-state index contributed by atoms with van der Waals surface area (Å²) < 4.78 is 9.50. The smallest absolute Gasteiger partial charge is 0.197 e. The predicted molar refractivity (Wildman–Crippen MR) is 75.0 cm³/mol. The predicted octanol–water partition coefficient (Wildman–Crippen LogP) is 3.00. The molecule has 98 valence electrons. The van der Waals surface area contributed by atoms with E-state index in [0.29, 0.717) is 11.7 Å². The van der Waals surface area contributed by atoms with Gasteiger partial charge in [-0.15, -0.1) is 0 Å². The van der Waals surface area contributed by atoms with Gasteiger partial charge < -0.3 is 15.4 Å². The van der Waals surface area contributed by atoms with E-state index in [2.05, 4.69) is 30.0 Å². The number of nitrogens with zero attached hydrogens (tertiary/aromatic N) is 2. The van der Waals surface area contributed by atoms with Crippen LogP contribution >= 0.6 is 11.5 Å². The highest BCUT2D eigenvalue weighted by molar-refractivity contribution is 7.11. The summed E-state index contributed by atoms with van der Waals surface area (Å²) in [7, 11) is 1.65. The molecule has 0 spiro atoms. The molecule has 0 aliphatic rings. The number of nitrogens with two attached hydrogens (primary N) is 1. The van der Waals surface area contributed by atoms with Crippen LogP contribution in [0, 0.1) is 5.92 Å². The lowest BCUT2D eigenvalue weighted by atomic mass is 10.0. The Morgan fingerprint density at radius 2 is 2.00 bits per heavy atom. The molecule has 0 fully saturated rings. The zero-order valence-electron chi connectivity index (χ0n) is 11.2. The average Bonchev–Trinajstić information content (AvgIpc) is 2.72. The topological polar surface area (TPSA) is 51.4 Å². The minimum atomic E-state index is 0.496. The molecule has 1 aromatic heterocycles. The summed E-state index contributed by atoms with van der Waals surface area (Å²) in [6.07, 6.45) is 2.40. The number of methoxy groups -OCH3 is 1. The van der Waals surface area contributed by atoms with Crippen molar-refractivity contribution in [2.45, 2.75) is 33.6 Å². The third kappa shape index (κ3) is 3.25. The molecule has 0 amide bonds. The van der Waals surface area contributed by atoms with Gasteiger partial charge in [-0.1, -0.05) is 26.7 Å². The highest BCUT2D eigenvalue weighted by atomic mass is 32.1. The van der Waals surface area contributed by atoms with E-state index in [1.807, 2.05) is 0 Å². The third-order valence-corrected chi connectivity index (χ3v) is 4.07. The Kier molecular flexibility index (Phi) is 5.55. The Hall–Kier alpha value is -0.970. The fourth-order valence-corrected chi connectivity index (χ4v) is 2.75. The molecule has 0 atom stereocenters. The number of anilines is 2. The first-order valence-corrected chi connectivity index (χ1v) is 6.99. The largest absolute Gasteiger partial charge is 0.490 e. The maximum Gasteiger partial charge on any atom is 0.197 e. The van der Waals surface area contributed by atoms with Gasteiger partial charge in [0.15, 0.2) is 16.6 Å². The first-order valence-electron chi connectivity index (χ1n) is 6.21. The summed E-state index contributed by atoms with van der Waals surface area (Å²) in [6.45, 7) is 8.62. The van der Waals surface area contributed by atoms with Gasteiger partial charge in [-0.3, -0.25) is 0 Å². The van der Waals surface area contributed by atoms with Crippen molar-refractivity contribution in [2.24, 2.45) is 5.92 Å². The lowest BCUT2D eigenvalue weighted by Crippen LogP contribution is -2.28. The van der Waals surface area contributed by atoms with E-state index < -0.39 is 0 Å². The van der Waals surface area contributed by atoms with E-state index in [9.17, 15) is 0 Å². The molecule has 1 rings (SSSR count). The van der Waals surface area contributed by atoms with Crippen molar-refractivity contribution in [3.05, 3.63) is 0 Å². The molecule has 0 aromatic carbocycles. The second-order valence-corrected chi connectivity index (χ2v) is 4.88. The Morgan fingerprint density at radius 3 is 2.47 bits per heavy atom. The van der Waals surface area contributed by atoms with Crippen LogP contribution in [-0.2, 0) is 0 Å². The Morgan fingerprint density at radius 1 is 1.35 bits per heavy atom. The SMILES string of the molecule is CCC(CC)CN(CC)c1snc(N)c1OC. The van der Waals surface area contributed by atoms with Crippen molar-refractivity contribution in [3.63, 3.8) is 0 Å². The lowest BCUT2D eigenvalue weighted by molar-refractivity contribution is 0.415. The quantitative estimate of drug-likeness (QED) is 0.816. The van der Waals surface area contributed by atoms with Crippen LogP contribution in [0.5, 0.6) is 5.75 Å². The highest BCUT2D eigenvalue weighted by Gasteiger charge is 2.19. The number of ether oxygens (including phenoxy) is 1. The van der Waals surface area contributed by atoms with Crippen LogP contribution < -0.4 is 15.4 Å². The molecule has 1 aromatic rings. The number of rotatable bonds is 7. The molecule has 0 aliphatic heterocycles. The van der Waals surface area contributed by atoms with Gasteiger partial charge in [-0.25, -0.2) is 0 Å². The molecule has 0 unspecified atom stereocenters. The minimum Gasteiger partial charge on any atom is -0.490 e. The van der Waals surface area contributed by atoms with Gasteiger partial charge in [0.1, 0.15) is 0 Å². The van der Waals surface area contributed by atoms with E-state index >= 15 is 0 Å². The van der Waals surface area contributed by atoms with Crippen molar-refractivity contribution in [1.82, 2.24) is 4.37 Å². The maximum atomic E-state index is 5.79. The van der Waals surface area contributed by atoms with Gasteiger partial charge in [0, 0.05) is 13.1 Å². The van der Waals surface area contributed by atoms with E-state index in [1.54, 1.807) is 7.11 Å². The fourth-order valence-electron chi connectivity index (χ4n) is 1.89. The number of hydrogen-bond acceptors (Lipinski definition) is 5. The standard InChI is InChI=1S/C12H23N3OS/c1-5-9(6-2)8-15(7-3)12-10(16-4)11(13)14-17-12/h9H,5-8H2,1-4H3,(H2,13,14). The van der Waals surface area contributed by atoms with Crippen LogP contribution in [0.2, 0.25) is 0 Å². The van der Waals surface area contributed by atoms with Crippen LogP contribution in [0.15, 0.2) is 0 Å². The average molecular weight is 257 g/mol. The maximum absolute atomic E-state index is 5.79. The highest BCUT2D eigenvalue weighted by Crippen LogP contribution is 2.38. The molecule has 0 radical (unpaired) electrons. The van der Waals surface area contributed by atoms with E-state index in [0.717, 1.165) is 23.8 Å². The van der Waals surface area contributed by atoms with Crippen molar-refractivity contribution in [3.8, 4) is 5.75 Å². The van der Waals surface area contributed by atoms with E-state index in [4.69, 9.17) is 10.5 Å². The van der Waals surface area contributed by atoms with Crippen LogP contribution in [0.4, 0.5) is 10.8 Å². The van der Waals surface area contributed by atoms with Crippen LogP contribution in [-0.4, -0.2) is 24.6 Å². The van der Waals surface area contributed by atoms with Crippen LogP contribution in [0.3, 0.4) is 0 Å². The summed E-state index contributed by atoms with van der Waals surface area (Å²) >= 11 is 1.42. The van der Waals surface area contributed by atoms with Gasteiger partial charge in [-0.2, -0.15) is 4.37 Å². The Balaban J connectivity index is 2.85. The minimum absolute atomic E-state index is 0.496. The van der Waals surface area contributed by atoms with Gasteiger partial charge in [0.05, 0.1) is 7.11 Å². The second kappa shape index (κ2) is 6.69.